The maximum absolute atomic E-state index is 12.3. The van der Waals surface area contributed by atoms with Crippen LogP contribution in [0.1, 0.15) is 18.1 Å². The van der Waals surface area contributed by atoms with E-state index in [1.165, 1.54) is 25.0 Å². The van der Waals surface area contributed by atoms with Crippen LogP contribution >= 0.6 is 0 Å². The summed E-state index contributed by atoms with van der Waals surface area (Å²) in [5.74, 6) is -0.343. The third-order valence-electron chi connectivity index (χ3n) is 3.50. The monoisotopic (exact) mass is 297 g/mol. The van der Waals surface area contributed by atoms with Crippen LogP contribution in [0.3, 0.4) is 0 Å². The molecular formula is C15H15N5O2. The van der Waals surface area contributed by atoms with Gasteiger partial charge in [0.05, 0.1) is 11.9 Å². The Morgan fingerprint density at radius 1 is 1.23 bits per heavy atom. The molecule has 3 aromatic rings. The number of nitrogens with one attached hydrogen (secondary N) is 1. The summed E-state index contributed by atoms with van der Waals surface area (Å²) in [7, 11) is 0. The van der Waals surface area contributed by atoms with Crippen molar-refractivity contribution in [2.75, 3.05) is 5.43 Å². The molecule has 0 bridgehead atoms. The molecule has 0 radical (unpaired) electrons. The zero-order valence-corrected chi connectivity index (χ0v) is 12.5. The largest absolute Gasteiger partial charge is 0.283 e. The summed E-state index contributed by atoms with van der Waals surface area (Å²) >= 11 is 0. The van der Waals surface area contributed by atoms with Crippen molar-refractivity contribution in [1.82, 2.24) is 19.4 Å². The molecule has 0 saturated heterocycles. The van der Waals surface area contributed by atoms with Crippen LogP contribution in [0.15, 0.2) is 35.5 Å². The summed E-state index contributed by atoms with van der Waals surface area (Å²) in [5.41, 5.74) is 5.63. The number of aryl methyl sites for hydroxylation is 2. The van der Waals surface area contributed by atoms with Crippen molar-refractivity contribution in [3.63, 3.8) is 0 Å². The maximum atomic E-state index is 12.3. The molecule has 0 atom stereocenters. The van der Waals surface area contributed by atoms with Crippen LogP contribution in [0.25, 0.3) is 16.7 Å². The molecule has 0 saturated carbocycles. The van der Waals surface area contributed by atoms with Gasteiger partial charge in [0.1, 0.15) is 11.7 Å². The van der Waals surface area contributed by atoms with E-state index < -0.39 is 0 Å². The summed E-state index contributed by atoms with van der Waals surface area (Å²) in [6, 6.07) is 5.91. The van der Waals surface area contributed by atoms with E-state index in [1.807, 2.05) is 32.0 Å². The summed E-state index contributed by atoms with van der Waals surface area (Å²) in [6.45, 7) is 5.38. The summed E-state index contributed by atoms with van der Waals surface area (Å²) in [6.07, 6.45) is 2.74. The second-order valence-electron chi connectivity index (χ2n) is 5.15. The van der Waals surface area contributed by atoms with Gasteiger partial charge in [-0.15, -0.1) is 0 Å². The van der Waals surface area contributed by atoms with Gasteiger partial charge in [-0.1, -0.05) is 6.07 Å². The number of nitrogens with zero attached hydrogens (tertiary/aromatic N) is 4. The molecule has 1 N–H and O–H groups in total. The lowest BCUT2D eigenvalue weighted by atomic mass is 10.1. The van der Waals surface area contributed by atoms with Gasteiger partial charge in [-0.3, -0.25) is 15.0 Å². The third-order valence-corrected chi connectivity index (χ3v) is 3.50. The molecule has 0 aliphatic carbocycles. The molecule has 7 nitrogen and oxygen atoms in total. The first-order valence-corrected chi connectivity index (χ1v) is 6.78. The molecule has 22 heavy (non-hydrogen) atoms. The highest BCUT2D eigenvalue weighted by Crippen LogP contribution is 2.16. The van der Waals surface area contributed by atoms with Crippen molar-refractivity contribution in [3.8, 4) is 5.69 Å². The van der Waals surface area contributed by atoms with E-state index in [9.17, 15) is 9.59 Å². The van der Waals surface area contributed by atoms with Gasteiger partial charge in [-0.25, -0.2) is 14.3 Å². The Labute approximate surface area is 126 Å². The van der Waals surface area contributed by atoms with E-state index >= 15 is 0 Å². The van der Waals surface area contributed by atoms with Crippen LogP contribution in [0, 0.1) is 13.8 Å². The lowest BCUT2D eigenvalue weighted by Crippen LogP contribution is -2.31. The first-order chi connectivity index (χ1) is 10.5. The van der Waals surface area contributed by atoms with Crippen molar-refractivity contribution < 1.29 is 4.79 Å². The second-order valence-corrected chi connectivity index (χ2v) is 5.15. The van der Waals surface area contributed by atoms with Gasteiger partial charge in [-0.2, -0.15) is 5.10 Å². The molecular weight excluding hydrogens is 282 g/mol. The van der Waals surface area contributed by atoms with E-state index in [1.54, 1.807) is 4.68 Å². The third kappa shape index (κ3) is 2.26. The van der Waals surface area contributed by atoms with Gasteiger partial charge >= 0.3 is 0 Å². The van der Waals surface area contributed by atoms with Crippen LogP contribution in [0.4, 0.5) is 0 Å². The molecule has 0 unspecified atom stereocenters. The molecule has 1 amide bonds. The van der Waals surface area contributed by atoms with Crippen molar-refractivity contribution in [1.29, 1.82) is 0 Å². The highest BCUT2D eigenvalue weighted by atomic mass is 16.2. The SMILES string of the molecule is CC(=O)Nn1cnc2c(cnn2-c2ccc(C)c(C)c2)c1=O. The predicted octanol–water partition coefficient (Wildman–Crippen LogP) is 1.29. The van der Waals surface area contributed by atoms with Crippen LogP contribution in [0.5, 0.6) is 0 Å². The number of aromatic nitrogens is 4. The summed E-state index contributed by atoms with van der Waals surface area (Å²) < 4.78 is 2.67. The molecule has 1 aromatic carbocycles. The minimum atomic E-state index is -0.365. The van der Waals surface area contributed by atoms with Gasteiger partial charge in [0, 0.05) is 6.92 Å². The van der Waals surface area contributed by atoms with Crippen molar-refractivity contribution >= 4 is 16.9 Å². The number of hydrogen-bond donors (Lipinski definition) is 1. The first-order valence-electron chi connectivity index (χ1n) is 6.78. The van der Waals surface area contributed by atoms with Crippen LogP contribution in [-0.4, -0.2) is 25.3 Å². The van der Waals surface area contributed by atoms with Gasteiger partial charge in [-0.05, 0) is 37.1 Å². The zero-order valence-electron chi connectivity index (χ0n) is 12.5. The van der Waals surface area contributed by atoms with E-state index in [0.29, 0.717) is 11.0 Å². The van der Waals surface area contributed by atoms with Crippen LogP contribution in [0.2, 0.25) is 0 Å². The standard InChI is InChI=1S/C15H15N5O2/c1-9-4-5-12(6-10(9)2)20-14-13(7-17-20)15(22)19(8-16-14)18-11(3)21/h4-8H,1-3H3,(H,18,21). The van der Waals surface area contributed by atoms with Gasteiger partial charge in [0.2, 0.25) is 5.91 Å². The smallest absolute Gasteiger partial charge is 0.274 e. The highest BCUT2D eigenvalue weighted by Gasteiger charge is 2.12. The number of amides is 1. The number of hydrogen-bond acceptors (Lipinski definition) is 4. The van der Waals surface area contributed by atoms with E-state index in [2.05, 4.69) is 15.5 Å². The Balaban J connectivity index is 2.17. The number of benzene rings is 1. The average molecular weight is 297 g/mol. The molecule has 0 fully saturated rings. The molecule has 2 aromatic heterocycles. The Morgan fingerprint density at radius 2 is 2.00 bits per heavy atom. The summed E-state index contributed by atoms with van der Waals surface area (Å²) in [4.78, 5) is 27.6. The first kappa shape index (κ1) is 14.0. The van der Waals surface area contributed by atoms with Crippen LogP contribution in [-0.2, 0) is 4.79 Å². The van der Waals surface area contributed by atoms with Crippen molar-refractivity contribution in [2.24, 2.45) is 0 Å². The topological polar surface area (TPSA) is 81.8 Å². The van der Waals surface area contributed by atoms with Gasteiger partial charge in [0.15, 0.2) is 5.65 Å². The molecule has 7 heteroatoms. The molecule has 0 aliphatic heterocycles. The highest BCUT2D eigenvalue weighted by molar-refractivity contribution is 5.81. The lowest BCUT2D eigenvalue weighted by Gasteiger charge is -2.07. The Kier molecular flexibility index (Phi) is 3.25. The van der Waals surface area contributed by atoms with E-state index in [0.717, 1.165) is 15.9 Å². The Morgan fingerprint density at radius 3 is 2.68 bits per heavy atom. The summed E-state index contributed by atoms with van der Waals surface area (Å²) in [5, 5.41) is 4.59. The van der Waals surface area contributed by atoms with Gasteiger partial charge < -0.3 is 0 Å². The Bertz CT molecular complexity index is 939. The fraction of sp³-hybridized carbons (Fsp3) is 0.200. The zero-order chi connectivity index (χ0) is 15.9. The van der Waals surface area contributed by atoms with E-state index in [4.69, 9.17) is 0 Å². The number of carbonyl (C=O) groups is 1. The van der Waals surface area contributed by atoms with Crippen molar-refractivity contribution in [2.45, 2.75) is 20.8 Å². The number of rotatable bonds is 2. The lowest BCUT2D eigenvalue weighted by molar-refractivity contribution is -0.115. The molecule has 3 rings (SSSR count). The minimum absolute atomic E-state index is 0.342. The second kappa shape index (κ2) is 5.10. The van der Waals surface area contributed by atoms with Crippen LogP contribution < -0.4 is 11.0 Å². The molecule has 2 heterocycles. The molecule has 112 valence electrons. The van der Waals surface area contributed by atoms with Crippen molar-refractivity contribution in [3.05, 3.63) is 52.2 Å². The molecule has 0 aliphatic rings. The normalized spacial score (nSPS) is 10.9. The number of carbonyl (C=O) groups excluding carboxylic acids is 1. The molecule has 0 spiro atoms. The Hall–Kier alpha value is -2.96. The van der Waals surface area contributed by atoms with Gasteiger partial charge in [0.25, 0.3) is 5.56 Å². The number of fused-ring (bicyclic) bond motifs is 1. The quantitative estimate of drug-likeness (QED) is 0.772. The average Bonchev–Trinajstić information content (AvgIpc) is 2.89. The maximum Gasteiger partial charge on any atom is 0.283 e. The fourth-order valence-corrected chi connectivity index (χ4v) is 2.21. The fourth-order valence-electron chi connectivity index (χ4n) is 2.21. The minimum Gasteiger partial charge on any atom is -0.274 e. The predicted molar refractivity (Wildman–Crippen MR) is 82.6 cm³/mol. The van der Waals surface area contributed by atoms with E-state index in [-0.39, 0.29) is 11.5 Å².